The Kier molecular flexibility index (Phi) is 7.25. The molecule has 0 aromatic heterocycles. The Bertz CT molecular complexity index is 1190. The van der Waals surface area contributed by atoms with Gasteiger partial charge in [-0.3, -0.25) is 9.59 Å². The van der Waals surface area contributed by atoms with Crippen molar-refractivity contribution in [1.82, 2.24) is 10.7 Å². The van der Waals surface area contributed by atoms with Gasteiger partial charge in [0.2, 0.25) is 0 Å². The van der Waals surface area contributed by atoms with E-state index in [0.717, 1.165) is 0 Å². The highest BCUT2D eigenvalue weighted by Crippen LogP contribution is 2.23. The molecule has 3 rings (SSSR count). The van der Waals surface area contributed by atoms with Crippen molar-refractivity contribution < 1.29 is 19.8 Å². The van der Waals surface area contributed by atoms with E-state index in [9.17, 15) is 19.8 Å². The highest BCUT2D eigenvalue weighted by atomic mass is 35.5. The zero-order valence-corrected chi connectivity index (χ0v) is 17.8. The van der Waals surface area contributed by atoms with Crippen LogP contribution in [0.5, 0.6) is 11.5 Å². The van der Waals surface area contributed by atoms with E-state index in [0.29, 0.717) is 27.4 Å². The van der Waals surface area contributed by atoms with Gasteiger partial charge in [-0.25, -0.2) is 5.43 Å². The third-order valence-electron chi connectivity index (χ3n) is 4.41. The molecule has 0 heterocycles. The molecule has 3 aromatic carbocycles. The number of phenols is 2. The molecule has 3 aromatic rings. The molecule has 162 valence electrons. The predicted octanol–water partition coefficient (Wildman–Crippen LogP) is 4.06. The zero-order valence-electron chi connectivity index (χ0n) is 17.0. The van der Waals surface area contributed by atoms with Gasteiger partial charge in [0.05, 0.1) is 5.71 Å². The molecule has 0 fully saturated rings. The fourth-order valence-electron chi connectivity index (χ4n) is 2.75. The third-order valence-corrected chi connectivity index (χ3v) is 4.66. The van der Waals surface area contributed by atoms with E-state index in [1.165, 1.54) is 24.3 Å². The highest BCUT2D eigenvalue weighted by Gasteiger charge is 2.15. The molecule has 7 nitrogen and oxygen atoms in total. The predicted molar refractivity (Wildman–Crippen MR) is 123 cm³/mol. The summed E-state index contributed by atoms with van der Waals surface area (Å²) < 4.78 is 0. The molecule has 4 N–H and O–H groups in total. The topological polar surface area (TPSA) is 111 Å². The minimum atomic E-state index is -0.665. The molecule has 0 unspecified atom stereocenters. The number of nitrogens with zero attached hydrogens (tertiary/aromatic N) is 1. The molecule has 0 bridgehead atoms. The lowest BCUT2D eigenvalue weighted by Crippen LogP contribution is -2.33. The molecule has 0 aliphatic heterocycles. The molecule has 0 saturated carbocycles. The first kappa shape index (κ1) is 22.6. The van der Waals surface area contributed by atoms with Crippen LogP contribution in [0.3, 0.4) is 0 Å². The number of aromatic hydroxyl groups is 2. The van der Waals surface area contributed by atoms with Crippen LogP contribution in [0.25, 0.3) is 6.08 Å². The van der Waals surface area contributed by atoms with Gasteiger partial charge in [-0.15, -0.1) is 0 Å². The molecule has 8 heteroatoms. The van der Waals surface area contributed by atoms with E-state index in [1.54, 1.807) is 61.5 Å². The van der Waals surface area contributed by atoms with E-state index in [-0.39, 0.29) is 17.2 Å². The minimum absolute atomic E-state index is 0.0346. The molecule has 0 spiro atoms. The maximum absolute atomic E-state index is 12.8. The van der Waals surface area contributed by atoms with Crippen LogP contribution in [0.4, 0.5) is 0 Å². The molecule has 0 aliphatic rings. The van der Waals surface area contributed by atoms with Crippen molar-refractivity contribution in [3.05, 3.63) is 100 Å². The summed E-state index contributed by atoms with van der Waals surface area (Å²) in [4.78, 5) is 25.4. The molecule has 0 aliphatic carbocycles. The highest BCUT2D eigenvalue weighted by molar-refractivity contribution is 6.30. The number of hydrazone groups is 1. The average Bonchev–Trinajstić information content (AvgIpc) is 2.78. The number of nitrogens with one attached hydrogen (secondary N) is 2. The van der Waals surface area contributed by atoms with Gasteiger partial charge < -0.3 is 15.5 Å². The summed E-state index contributed by atoms with van der Waals surface area (Å²) >= 11 is 5.92. The molecular formula is C24H20ClN3O4. The zero-order chi connectivity index (χ0) is 23.1. The number of amides is 2. The van der Waals surface area contributed by atoms with Gasteiger partial charge in [0.15, 0.2) is 0 Å². The number of halogens is 1. The largest absolute Gasteiger partial charge is 0.508 e. The Hall–Kier alpha value is -4.10. The van der Waals surface area contributed by atoms with Crippen LogP contribution in [0, 0.1) is 0 Å². The second kappa shape index (κ2) is 10.3. The quantitative estimate of drug-likeness (QED) is 0.258. The Balaban J connectivity index is 1.85. The van der Waals surface area contributed by atoms with Gasteiger partial charge in [-0.1, -0.05) is 41.9 Å². The summed E-state index contributed by atoms with van der Waals surface area (Å²) in [7, 11) is 0. The van der Waals surface area contributed by atoms with Crippen molar-refractivity contribution >= 4 is 35.2 Å². The normalized spacial score (nSPS) is 11.7. The number of rotatable bonds is 6. The first-order chi connectivity index (χ1) is 15.3. The first-order valence-corrected chi connectivity index (χ1v) is 9.92. The van der Waals surface area contributed by atoms with E-state index in [4.69, 9.17) is 11.6 Å². The lowest BCUT2D eigenvalue weighted by atomic mass is 10.1. The summed E-state index contributed by atoms with van der Waals surface area (Å²) in [5, 5.41) is 26.5. The molecule has 0 saturated heterocycles. The van der Waals surface area contributed by atoms with Crippen LogP contribution in [0.1, 0.15) is 28.4 Å². The van der Waals surface area contributed by atoms with Crippen LogP contribution in [-0.4, -0.2) is 27.7 Å². The second-order valence-corrected chi connectivity index (χ2v) is 7.21. The smallest absolute Gasteiger partial charge is 0.287 e. The summed E-state index contributed by atoms with van der Waals surface area (Å²) in [6.45, 7) is 1.58. The van der Waals surface area contributed by atoms with Crippen LogP contribution in [0.2, 0.25) is 5.02 Å². The van der Waals surface area contributed by atoms with Gasteiger partial charge >= 0.3 is 0 Å². The van der Waals surface area contributed by atoms with Crippen LogP contribution >= 0.6 is 11.6 Å². The molecule has 2 amide bonds. The Morgan fingerprint density at radius 2 is 1.66 bits per heavy atom. The van der Waals surface area contributed by atoms with Crippen molar-refractivity contribution in [1.29, 1.82) is 0 Å². The molecule has 0 radical (unpaired) electrons. The summed E-state index contributed by atoms with van der Waals surface area (Å²) in [5.74, 6) is -1.41. The van der Waals surface area contributed by atoms with Crippen LogP contribution in [-0.2, 0) is 4.79 Å². The van der Waals surface area contributed by atoms with Gasteiger partial charge in [0.25, 0.3) is 11.8 Å². The second-order valence-electron chi connectivity index (χ2n) is 6.77. The third kappa shape index (κ3) is 5.96. The maximum Gasteiger partial charge on any atom is 0.287 e. The summed E-state index contributed by atoms with van der Waals surface area (Å²) in [6.07, 6.45) is 1.50. The Labute approximate surface area is 189 Å². The number of carbonyl (C=O) groups excluding carboxylic acids is 2. The number of benzene rings is 3. The molecule has 0 atom stereocenters. The van der Waals surface area contributed by atoms with Crippen molar-refractivity contribution in [2.24, 2.45) is 5.10 Å². The summed E-state index contributed by atoms with van der Waals surface area (Å²) in [5.41, 5.74) is 4.01. The number of hydrogen-bond acceptors (Lipinski definition) is 5. The Morgan fingerprint density at radius 3 is 2.31 bits per heavy atom. The summed E-state index contributed by atoms with van der Waals surface area (Å²) in [6, 6.07) is 19.2. The lowest BCUT2D eigenvalue weighted by molar-refractivity contribution is -0.117. The van der Waals surface area contributed by atoms with Gasteiger partial charge in [0.1, 0.15) is 17.2 Å². The fraction of sp³-hybridized carbons (Fsp3) is 0.0417. The van der Waals surface area contributed by atoms with Gasteiger partial charge in [-0.05, 0) is 55.0 Å². The van der Waals surface area contributed by atoms with Crippen molar-refractivity contribution in [3.63, 3.8) is 0 Å². The maximum atomic E-state index is 12.8. The lowest BCUT2D eigenvalue weighted by Gasteiger charge is -2.10. The minimum Gasteiger partial charge on any atom is -0.508 e. The SMILES string of the molecule is C/C(=N/NC(=O)/C(=C/c1ccc(Cl)cc1)NC(=O)c1ccccc1)c1ccc(O)cc1O. The Morgan fingerprint density at radius 1 is 0.969 bits per heavy atom. The number of phenolic OH excluding ortho intramolecular Hbond substituents is 2. The van der Waals surface area contributed by atoms with Gasteiger partial charge in [-0.2, -0.15) is 5.10 Å². The van der Waals surface area contributed by atoms with Crippen LogP contribution < -0.4 is 10.7 Å². The standard InChI is InChI=1S/C24H20ClN3O4/c1-15(20-12-11-19(29)14-22(20)30)27-28-24(32)21(13-16-7-9-18(25)10-8-16)26-23(31)17-5-3-2-4-6-17/h2-14,29-30H,1H3,(H,26,31)(H,28,32)/b21-13-,27-15-. The number of carbonyl (C=O) groups is 2. The van der Waals surface area contributed by atoms with E-state index in [2.05, 4.69) is 15.8 Å². The molecule has 32 heavy (non-hydrogen) atoms. The van der Waals surface area contributed by atoms with Crippen LogP contribution in [0.15, 0.2) is 83.6 Å². The van der Waals surface area contributed by atoms with Crippen molar-refractivity contribution in [2.75, 3.05) is 0 Å². The van der Waals surface area contributed by atoms with Gasteiger partial charge in [0, 0.05) is 22.2 Å². The van der Waals surface area contributed by atoms with Crippen molar-refractivity contribution in [3.8, 4) is 11.5 Å². The first-order valence-electron chi connectivity index (χ1n) is 9.54. The molecular weight excluding hydrogens is 430 g/mol. The number of hydrogen-bond donors (Lipinski definition) is 4. The van der Waals surface area contributed by atoms with Crippen molar-refractivity contribution in [2.45, 2.75) is 6.92 Å². The monoisotopic (exact) mass is 449 g/mol. The fourth-order valence-corrected chi connectivity index (χ4v) is 2.88. The average molecular weight is 450 g/mol. The van der Waals surface area contributed by atoms with E-state index >= 15 is 0 Å². The van der Waals surface area contributed by atoms with E-state index < -0.39 is 11.8 Å². The van der Waals surface area contributed by atoms with E-state index in [1.807, 2.05) is 0 Å².